The fourth-order valence-electron chi connectivity index (χ4n) is 2.26. The summed E-state index contributed by atoms with van der Waals surface area (Å²) in [7, 11) is 0. The lowest BCUT2D eigenvalue weighted by Crippen LogP contribution is -2.28. The summed E-state index contributed by atoms with van der Waals surface area (Å²) in [6, 6.07) is 5.99. The molecule has 2 aromatic rings. The summed E-state index contributed by atoms with van der Waals surface area (Å²) in [5.74, 6) is 1.72. The Morgan fingerprint density at radius 2 is 2.00 bits per heavy atom. The third kappa shape index (κ3) is 5.74. The minimum atomic E-state index is -2.85. The van der Waals surface area contributed by atoms with E-state index in [9.17, 15) is 13.6 Å². The van der Waals surface area contributed by atoms with Gasteiger partial charge in [0.15, 0.2) is 0 Å². The van der Waals surface area contributed by atoms with E-state index in [1.54, 1.807) is 12.1 Å². The number of hydrogen-bond acceptors (Lipinski definition) is 5. The number of carbonyl (C=O) groups is 1. The molecular weight excluding hydrogens is 350 g/mol. The average molecular weight is 370 g/mol. The van der Waals surface area contributed by atoms with Crippen molar-refractivity contribution in [1.29, 1.82) is 0 Å². The van der Waals surface area contributed by atoms with E-state index in [1.165, 1.54) is 23.9 Å². The molecule has 1 heterocycles. The number of benzene rings is 1. The Kier molecular flexibility index (Phi) is 6.81. The van der Waals surface area contributed by atoms with Gasteiger partial charge in [-0.2, -0.15) is 8.78 Å². The van der Waals surface area contributed by atoms with Gasteiger partial charge in [-0.15, -0.1) is 11.8 Å². The van der Waals surface area contributed by atoms with Gasteiger partial charge in [-0.05, 0) is 38.5 Å². The molecule has 1 aromatic heterocycles. The minimum Gasteiger partial charge on any atom is -0.435 e. The molecule has 25 heavy (non-hydrogen) atoms. The normalized spacial score (nSPS) is 12.2. The molecule has 1 unspecified atom stereocenters. The number of aromatic nitrogens is 1. The first-order valence-electron chi connectivity index (χ1n) is 7.70. The largest absolute Gasteiger partial charge is 0.435 e. The van der Waals surface area contributed by atoms with Gasteiger partial charge >= 0.3 is 6.61 Å². The highest BCUT2D eigenvalue weighted by Gasteiger charge is 2.13. The molecule has 0 fully saturated rings. The Labute approximate surface area is 149 Å². The first kappa shape index (κ1) is 19.2. The van der Waals surface area contributed by atoms with E-state index in [4.69, 9.17) is 4.52 Å². The summed E-state index contributed by atoms with van der Waals surface area (Å²) in [6.45, 7) is 2.70. The van der Waals surface area contributed by atoms with Gasteiger partial charge in [0.1, 0.15) is 11.5 Å². The number of alkyl halides is 2. The number of halogens is 2. The van der Waals surface area contributed by atoms with Crippen LogP contribution >= 0.6 is 11.8 Å². The molecule has 0 spiro atoms. The summed E-state index contributed by atoms with van der Waals surface area (Å²) in [6.07, 6.45) is 0. The third-order valence-corrected chi connectivity index (χ3v) is 4.60. The lowest BCUT2D eigenvalue weighted by Gasteiger charge is -2.15. The lowest BCUT2D eigenvalue weighted by molar-refractivity contribution is -0.119. The molecule has 0 aliphatic rings. The maximum absolute atomic E-state index is 12.1. The highest BCUT2D eigenvalue weighted by Crippen LogP contribution is 2.21. The number of aryl methyl sites for hydroxylation is 2. The van der Waals surface area contributed by atoms with Gasteiger partial charge in [0, 0.05) is 11.3 Å². The number of rotatable bonds is 8. The fraction of sp³-hybridized carbons (Fsp3) is 0.412. The second-order valence-corrected chi connectivity index (χ2v) is 6.52. The lowest BCUT2D eigenvalue weighted by atomic mass is 10.1. The molecule has 0 aliphatic carbocycles. The van der Waals surface area contributed by atoms with Gasteiger partial charge in [0.25, 0.3) is 0 Å². The first-order chi connectivity index (χ1) is 11.9. The van der Waals surface area contributed by atoms with E-state index < -0.39 is 6.61 Å². The number of nitrogens with one attached hydrogen (secondary N) is 1. The van der Waals surface area contributed by atoms with Crippen LogP contribution in [0, 0.1) is 13.8 Å². The number of thioether (sulfide) groups is 1. The van der Waals surface area contributed by atoms with Crippen LogP contribution in [-0.2, 0) is 10.5 Å². The molecule has 8 heteroatoms. The third-order valence-electron chi connectivity index (χ3n) is 3.64. The number of nitrogens with zero attached hydrogens (tertiary/aromatic N) is 1. The van der Waals surface area contributed by atoms with E-state index in [0.717, 1.165) is 22.6 Å². The standard InChI is InChI=1S/C17H20F2N2O3S/c1-10(13-4-6-14(7-5-13)23-17(18)19)20-16(22)9-25-8-15-11(2)21-24-12(15)3/h4-7,10,17H,8-9H2,1-3H3,(H,20,22). The SMILES string of the molecule is Cc1noc(C)c1CSCC(=O)NC(C)c1ccc(OC(F)F)cc1. The van der Waals surface area contributed by atoms with Crippen LogP contribution < -0.4 is 10.1 Å². The van der Waals surface area contributed by atoms with Crippen LogP contribution in [0.15, 0.2) is 28.8 Å². The van der Waals surface area contributed by atoms with Crippen molar-refractivity contribution in [1.82, 2.24) is 10.5 Å². The van der Waals surface area contributed by atoms with Gasteiger partial charge in [-0.1, -0.05) is 17.3 Å². The van der Waals surface area contributed by atoms with E-state index >= 15 is 0 Å². The summed E-state index contributed by atoms with van der Waals surface area (Å²) in [5.41, 5.74) is 2.66. The average Bonchev–Trinajstić information content (AvgIpc) is 2.86. The molecule has 1 amide bonds. The van der Waals surface area contributed by atoms with E-state index in [2.05, 4.69) is 15.2 Å². The Balaban J connectivity index is 1.79. The molecular formula is C17H20F2N2O3S. The molecule has 136 valence electrons. The van der Waals surface area contributed by atoms with Crippen molar-refractivity contribution < 1.29 is 22.8 Å². The quantitative estimate of drug-likeness (QED) is 0.761. The fourth-order valence-corrected chi connectivity index (χ4v) is 3.25. The Morgan fingerprint density at radius 3 is 2.56 bits per heavy atom. The Hall–Kier alpha value is -2.09. The van der Waals surface area contributed by atoms with Crippen molar-refractivity contribution in [2.24, 2.45) is 0 Å². The molecule has 0 aliphatic heterocycles. The Bertz CT molecular complexity index is 685. The topological polar surface area (TPSA) is 64.4 Å². The molecule has 5 nitrogen and oxygen atoms in total. The molecule has 1 aromatic carbocycles. The van der Waals surface area contributed by atoms with Crippen LogP contribution in [0.3, 0.4) is 0 Å². The van der Waals surface area contributed by atoms with Crippen LogP contribution in [0.1, 0.15) is 35.5 Å². The molecule has 1 N–H and O–H groups in total. The summed E-state index contributed by atoms with van der Waals surface area (Å²) < 4.78 is 33.6. The molecule has 0 saturated heterocycles. The van der Waals surface area contributed by atoms with Crippen LogP contribution in [0.4, 0.5) is 8.78 Å². The molecule has 0 radical (unpaired) electrons. The van der Waals surface area contributed by atoms with Crippen molar-refractivity contribution in [2.75, 3.05) is 5.75 Å². The molecule has 2 rings (SSSR count). The van der Waals surface area contributed by atoms with E-state index in [-0.39, 0.29) is 17.7 Å². The van der Waals surface area contributed by atoms with Gasteiger partial charge in [-0.25, -0.2) is 0 Å². The second kappa shape index (κ2) is 8.84. The molecule has 0 saturated carbocycles. The number of hydrogen-bond donors (Lipinski definition) is 1. The first-order valence-corrected chi connectivity index (χ1v) is 8.86. The predicted molar refractivity (Wildman–Crippen MR) is 91.8 cm³/mol. The zero-order chi connectivity index (χ0) is 18.4. The smallest absolute Gasteiger partial charge is 0.387 e. The zero-order valence-corrected chi connectivity index (χ0v) is 15.0. The molecule has 1 atom stereocenters. The highest BCUT2D eigenvalue weighted by atomic mass is 32.2. The molecule has 0 bridgehead atoms. The summed E-state index contributed by atoms with van der Waals surface area (Å²) in [4.78, 5) is 12.0. The van der Waals surface area contributed by atoms with Gasteiger partial charge in [-0.3, -0.25) is 4.79 Å². The zero-order valence-electron chi connectivity index (χ0n) is 14.2. The van der Waals surface area contributed by atoms with Crippen molar-refractivity contribution in [3.05, 3.63) is 46.8 Å². The van der Waals surface area contributed by atoms with E-state index in [0.29, 0.717) is 11.5 Å². The Morgan fingerprint density at radius 1 is 1.32 bits per heavy atom. The minimum absolute atomic E-state index is 0.0901. The highest BCUT2D eigenvalue weighted by molar-refractivity contribution is 7.99. The summed E-state index contributed by atoms with van der Waals surface area (Å²) in [5, 5.41) is 6.76. The monoisotopic (exact) mass is 370 g/mol. The van der Waals surface area contributed by atoms with Gasteiger partial charge in [0.2, 0.25) is 5.91 Å². The van der Waals surface area contributed by atoms with Gasteiger partial charge < -0.3 is 14.6 Å². The van der Waals surface area contributed by atoms with Crippen molar-refractivity contribution in [3.63, 3.8) is 0 Å². The van der Waals surface area contributed by atoms with Crippen LogP contribution in [0.25, 0.3) is 0 Å². The van der Waals surface area contributed by atoms with Crippen molar-refractivity contribution in [3.8, 4) is 5.75 Å². The van der Waals surface area contributed by atoms with Crippen molar-refractivity contribution >= 4 is 17.7 Å². The van der Waals surface area contributed by atoms with E-state index in [1.807, 2.05) is 20.8 Å². The van der Waals surface area contributed by atoms with Gasteiger partial charge in [0.05, 0.1) is 17.5 Å². The second-order valence-electron chi connectivity index (χ2n) is 5.53. The van der Waals surface area contributed by atoms with Crippen LogP contribution in [-0.4, -0.2) is 23.4 Å². The maximum atomic E-state index is 12.1. The van der Waals surface area contributed by atoms with Crippen LogP contribution in [0.2, 0.25) is 0 Å². The van der Waals surface area contributed by atoms with Crippen molar-refractivity contribution in [2.45, 2.75) is 39.2 Å². The number of ether oxygens (including phenoxy) is 1. The predicted octanol–water partition coefficient (Wildman–Crippen LogP) is 4.00. The maximum Gasteiger partial charge on any atom is 0.387 e. The number of carbonyl (C=O) groups excluding carboxylic acids is 1. The van der Waals surface area contributed by atoms with Crippen LogP contribution in [0.5, 0.6) is 5.75 Å². The number of amides is 1. The summed E-state index contributed by atoms with van der Waals surface area (Å²) >= 11 is 1.48.